The SMILES string of the molecule is O=C(COc1ccccc1C(F)(F)F)Nc1cccc(-c2ccc(N3CCCCCC3)nn2)c1. The first-order chi connectivity index (χ1) is 16.4. The molecule has 2 aromatic carbocycles. The van der Waals surface area contributed by atoms with Gasteiger partial charge in [0, 0.05) is 24.3 Å². The minimum absolute atomic E-state index is 0.390. The van der Waals surface area contributed by atoms with Crippen LogP contribution in [0.25, 0.3) is 11.3 Å². The van der Waals surface area contributed by atoms with Crippen molar-refractivity contribution in [2.75, 3.05) is 29.9 Å². The second-order valence-corrected chi connectivity index (χ2v) is 8.09. The zero-order valence-electron chi connectivity index (χ0n) is 18.5. The van der Waals surface area contributed by atoms with Crippen molar-refractivity contribution < 1.29 is 22.7 Å². The molecule has 34 heavy (non-hydrogen) atoms. The summed E-state index contributed by atoms with van der Waals surface area (Å²) >= 11 is 0. The maximum atomic E-state index is 13.1. The molecule has 1 aromatic heterocycles. The number of benzene rings is 2. The van der Waals surface area contributed by atoms with Gasteiger partial charge in [0.05, 0.1) is 11.3 Å². The second kappa shape index (κ2) is 10.5. The number of para-hydroxylation sites is 1. The van der Waals surface area contributed by atoms with Crippen LogP contribution in [0.4, 0.5) is 24.7 Å². The largest absolute Gasteiger partial charge is 0.483 e. The Balaban J connectivity index is 1.39. The van der Waals surface area contributed by atoms with Gasteiger partial charge in [-0.1, -0.05) is 37.1 Å². The third-order valence-corrected chi connectivity index (χ3v) is 5.57. The molecule has 1 fully saturated rings. The van der Waals surface area contributed by atoms with Crippen LogP contribution in [0.3, 0.4) is 0 Å². The number of aromatic nitrogens is 2. The molecule has 178 valence electrons. The molecule has 1 saturated heterocycles. The molecule has 1 aliphatic heterocycles. The van der Waals surface area contributed by atoms with Gasteiger partial charge in [-0.3, -0.25) is 4.79 Å². The Morgan fingerprint density at radius 2 is 1.71 bits per heavy atom. The van der Waals surface area contributed by atoms with Crippen LogP contribution in [0.1, 0.15) is 31.2 Å². The van der Waals surface area contributed by atoms with Crippen LogP contribution in [0.2, 0.25) is 0 Å². The number of rotatable bonds is 6. The number of ether oxygens (including phenoxy) is 1. The zero-order chi connectivity index (χ0) is 24.0. The summed E-state index contributed by atoms with van der Waals surface area (Å²) in [7, 11) is 0. The Kier molecular flexibility index (Phi) is 7.30. The fourth-order valence-electron chi connectivity index (χ4n) is 3.87. The molecule has 0 atom stereocenters. The number of anilines is 2. The van der Waals surface area contributed by atoms with Crippen molar-refractivity contribution in [1.82, 2.24) is 10.2 Å². The monoisotopic (exact) mass is 470 g/mol. The van der Waals surface area contributed by atoms with E-state index in [0.29, 0.717) is 11.4 Å². The van der Waals surface area contributed by atoms with Gasteiger partial charge < -0.3 is 15.0 Å². The number of carbonyl (C=O) groups is 1. The van der Waals surface area contributed by atoms with Gasteiger partial charge in [0.1, 0.15) is 5.75 Å². The van der Waals surface area contributed by atoms with Crippen LogP contribution in [0.5, 0.6) is 5.75 Å². The highest BCUT2D eigenvalue weighted by atomic mass is 19.4. The van der Waals surface area contributed by atoms with E-state index in [2.05, 4.69) is 20.4 Å². The molecule has 1 amide bonds. The summed E-state index contributed by atoms with van der Waals surface area (Å²) < 4.78 is 44.4. The van der Waals surface area contributed by atoms with E-state index in [-0.39, 0.29) is 0 Å². The standard InChI is InChI=1S/C25H25F3N4O2/c26-25(27,28)20-10-3-4-11-22(20)34-17-24(33)29-19-9-7-8-18(16-19)21-12-13-23(31-30-21)32-14-5-1-2-6-15-32/h3-4,7-13,16H,1-2,5-6,14-15,17H2,(H,29,33). The third-order valence-electron chi connectivity index (χ3n) is 5.57. The van der Waals surface area contributed by atoms with E-state index < -0.39 is 30.0 Å². The molecule has 0 aliphatic carbocycles. The lowest BCUT2D eigenvalue weighted by molar-refractivity contribution is -0.139. The van der Waals surface area contributed by atoms with Gasteiger partial charge in [-0.15, -0.1) is 10.2 Å². The van der Waals surface area contributed by atoms with Crippen molar-refractivity contribution in [3.05, 3.63) is 66.2 Å². The Morgan fingerprint density at radius 3 is 2.41 bits per heavy atom. The number of alkyl halides is 3. The van der Waals surface area contributed by atoms with Gasteiger partial charge >= 0.3 is 6.18 Å². The number of halogens is 3. The molecule has 1 aliphatic rings. The van der Waals surface area contributed by atoms with Gasteiger partial charge in [-0.25, -0.2) is 0 Å². The number of carbonyl (C=O) groups excluding carboxylic acids is 1. The van der Waals surface area contributed by atoms with Crippen molar-refractivity contribution in [1.29, 1.82) is 0 Å². The van der Waals surface area contributed by atoms with Crippen LogP contribution in [0.15, 0.2) is 60.7 Å². The summed E-state index contributed by atoms with van der Waals surface area (Å²) in [5, 5.41) is 11.4. The molecule has 0 unspecified atom stereocenters. The molecule has 4 rings (SSSR count). The first kappa shape index (κ1) is 23.5. The van der Waals surface area contributed by atoms with Crippen molar-refractivity contribution in [3.8, 4) is 17.0 Å². The predicted octanol–water partition coefficient (Wildman–Crippen LogP) is 5.56. The summed E-state index contributed by atoms with van der Waals surface area (Å²) in [4.78, 5) is 14.5. The lowest BCUT2D eigenvalue weighted by Crippen LogP contribution is -2.25. The van der Waals surface area contributed by atoms with Crippen molar-refractivity contribution >= 4 is 17.4 Å². The summed E-state index contributed by atoms with van der Waals surface area (Å²) in [5.41, 5.74) is 0.974. The fourth-order valence-corrected chi connectivity index (χ4v) is 3.87. The van der Waals surface area contributed by atoms with Crippen LogP contribution in [0, 0.1) is 0 Å². The Morgan fingerprint density at radius 1 is 0.941 bits per heavy atom. The molecule has 0 bridgehead atoms. The zero-order valence-corrected chi connectivity index (χ0v) is 18.5. The molecule has 2 heterocycles. The van der Waals surface area contributed by atoms with E-state index in [4.69, 9.17) is 4.74 Å². The summed E-state index contributed by atoms with van der Waals surface area (Å²) in [6, 6.07) is 15.7. The average molecular weight is 470 g/mol. The van der Waals surface area contributed by atoms with Crippen LogP contribution < -0.4 is 15.0 Å². The number of hydrogen-bond acceptors (Lipinski definition) is 5. The first-order valence-electron chi connectivity index (χ1n) is 11.2. The van der Waals surface area contributed by atoms with E-state index in [1.165, 1.54) is 31.0 Å². The average Bonchev–Trinajstić information content (AvgIpc) is 3.12. The highest BCUT2D eigenvalue weighted by Gasteiger charge is 2.34. The molecule has 0 spiro atoms. The summed E-state index contributed by atoms with van der Waals surface area (Å²) in [6.07, 6.45) is 0.208. The lowest BCUT2D eigenvalue weighted by atomic mass is 10.1. The molecule has 3 aromatic rings. The molecule has 9 heteroatoms. The van der Waals surface area contributed by atoms with E-state index in [1.54, 1.807) is 18.2 Å². The van der Waals surface area contributed by atoms with E-state index >= 15 is 0 Å². The predicted molar refractivity (Wildman–Crippen MR) is 124 cm³/mol. The summed E-state index contributed by atoms with van der Waals surface area (Å²) in [6.45, 7) is 1.40. The molecule has 0 saturated carbocycles. The highest BCUT2D eigenvalue weighted by Crippen LogP contribution is 2.35. The minimum atomic E-state index is -4.56. The van der Waals surface area contributed by atoms with E-state index in [1.807, 2.05) is 18.2 Å². The van der Waals surface area contributed by atoms with Gasteiger partial charge in [0.15, 0.2) is 12.4 Å². The van der Waals surface area contributed by atoms with Gasteiger partial charge in [-0.05, 0) is 49.2 Å². The Hall–Kier alpha value is -3.62. The van der Waals surface area contributed by atoms with E-state index in [9.17, 15) is 18.0 Å². The third kappa shape index (κ3) is 6.03. The number of nitrogens with one attached hydrogen (secondary N) is 1. The van der Waals surface area contributed by atoms with Gasteiger partial charge in [0.2, 0.25) is 0 Å². The molecular weight excluding hydrogens is 445 g/mol. The van der Waals surface area contributed by atoms with Crippen molar-refractivity contribution in [3.63, 3.8) is 0 Å². The highest BCUT2D eigenvalue weighted by molar-refractivity contribution is 5.92. The molecular formula is C25H25F3N4O2. The minimum Gasteiger partial charge on any atom is -0.483 e. The quantitative estimate of drug-likeness (QED) is 0.511. The van der Waals surface area contributed by atoms with E-state index in [0.717, 1.165) is 43.4 Å². The van der Waals surface area contributed by atoms with Crippen molar-refractivity contribution in [2.24, 2.45) is 0 Å². The number of hydrogen-bond donors (Lipinski definition) is 1. The second-order valence-electron chi connectivity index (χ2n) is 8.09. The maximum absolute atomic E-state index is 13.1. The lowest BCUT2D eigenvalue weighted by Gasteiger charge is -2.20. The molecule has 1 N–H and O–H groups in total. The van der Waals surface area contributed by atoms with Gasteiger partial charge in [0.25, 0.3) is 5.91 Å². The van der Waals surface area contributed by atoms with Crippen LogP contribution in [-0.4, -0.2) is 35.8 Å². The molecule has 0 radical (unpaired) electrons. The number of amides is 1. The maximum Gasteiger partial charge on any atom is 0.419 e. The first-order valence-corrected chi connectivity index (χ1v) is 11.2. The van der Waals surface area contributed by atoms with Crippen LogP contribution >= 0.6 is 0 Å². The number of nitrogens with zero attached hydrogens (tertiary/aromatic N) is 3. The normalized spacial score (nSPS) is 14.4. The van der Waals surface area contributed by atoms with Crippen molar-refractivity contribution in [2.45, 2.75) is 31.9 Å². The Bertz CT molecular complexity index is 1110. The summed E-state index contributed by atoms with van der Waals surface area (Å²) in [5.74, 6) is -0.109. The smallest absolute Gasteiger partial charge is 0.419 e. The van der Waals surface area contributed by atoms with Gasteiger partial charge in [-0.2, -0.15) is 13.2 Å². The van der Waals surface area contributed by atoms with Crippen LogP contribution in [-0.2, 0) is 11.0 Å². The fraction of sp³-hybridized carbons (Fsp3) is 0.320. The topological polar surface area (TPSA) is 67.3 Å². The molecule has 6 nitrogen and oxygen atoms in total. The Labute approximate surface area is 195 Å².